The number of rotatable bonds is 4. The van der Waals surface area contributed by atoms with E-state index in [-0.39, 0.29) is 19.1 Å². The molecule has 0 aromatic rings. The highest BCUT2D eigenvalue weighted by atomic mass is 16.4. The van der Waals surface area contributed by atoms with E-state index in [4.69, 9.17) is 10.2 Å². The van der Waals surface area contributed by atoms with Crippen LogP contribution in [0.5, 0.6) is 0 Å². The maximum Gasteiger partial charge on any atom is 0.326 e. The number of carboxylic acid groups (broad SMARTS) is 1. The van der Waals surface area contributed by atoms with Gasteiger partial charge >= 0.3 is 12.0 Å². The summed E-state index contributed by atoms with van der Waals surface area (Å²) in [5.41, 5.74) is 0. The minimum atomic E-state index is -1.11. The number of carboxylic acids is 1. The van der Waals surface area contributed by atoms with Gasteiger partial charge in [-0.05, 0) is 18.8 Å². The first-order chi connectivity index (χ1) is 8.04. The topological polar surface area (TPSA) is 89.9 Å². The standard InChI is InChI=1S/C11H20N2O4/c1-8-3-2-5-13(7-8)11(17)12-9(4-6-14)10(15)16/h8-9,14H,2-7H2,1H3,(H,12,17)(H,15,16)/t8?,9-/m0/s1. The molecule has 1 aliphatic rings. The van der Waals surface area contributed by atoms with Crippen molar-refractivity contribution < 1.29 is 19.8 Å². The summed E-state index contributed by atoms with van der Waals surface area (Å²) in [6.07, 6.45) is 2.08. The van der Waals surface area contributed by atoms with Crippen molar-refractivity contribution in [2.75, 3.05) is 19.7 Å². The van der Waals surface area contributed by atoms with Crippen molar-refractivity contribution in [1.29, 1.82) is 0 Å². The molecule has 0 saturated carbocycles. The molecular formula is C11H20N2O4. The van der Waals surface area contributed by atoms with Gasteiger partial charge in [0.15, 0.2) is 0 Å². The van der Waals surface area contributed by atoms with Gasteiger partial charge in [0.25, 0.3) is 0 Å². The molecule has 0 aromatic heterocycles. The number of amides is 2. The lowest BCUT2D eigenvalue weighted by Gasteiger charge is -2.31. The molecular weight excluding hydrogens is 224 g/mol. The second kappa shape index (κ2) is 6.44. The lowest BCUT2D eigenvalue weighted by atomic mass is 10.0. The van der Waals surface area contributed by atoms with Gasteiger partial charge < -0.3 is 20.4 Å². The molecule has 0 aliphatic carbocycles. The second-order valence-corrected chi connectivity index (χ2v) is 4.55. The Balaban J connectivity index is 2.48. The number of carbonyl (C=O) groups excluding carboxylic acids is 1. The average Bonchev–Trinajstić information content (AvgIpc) is 2.28. The fourth-order valence-electron chi connectivity index (χ4n) is 2.00. The van der Waals surface area contributed by atoms with Crippen molar-refractivity contribution in [2.45, 2.75) is 32.2 Å². The van der Waals surface area contributed by atoms with Crippen molar-refractivity contribution in [3.63, 3.8) is 0 Å². The predicted octanol–water partition coefficient (Wildman–Crippen LogP) is 0.263. The molecule has 0 bridgehead atoms. The van der Waals surface area contributed by atoms with Crippen LogP contribution in [0.2, 0.25) is 0 Å². The van der Waals surface area contributed by atoms with Gasteiger partial charge in [-0.2, -0.15) is 0 Å². The number of piperidine rings is 1. The van der Waals surface area contributed by atoms with E-state index in [2.05, 4.69) is 12.2 Å². The molecule has 0 radical (unpaired) electrons. The molecule has 98 valence electrons. The molecule has 2 amide bonds. The Hall–Kier alpha value is -1.30. The highest BCUT2D eigenvalue weighted by Crippen LogP contribution is 2.15. The van der Waals surface area contributed by atoms with Crippen LogP contribution in [0.3, 0.4) is 0 Å². The number of aliphatic hydroxyl groups is 1. The van der Waals surface area contributed by atoms with Gasteiger partial charge in [-0.1, -0.05) is 6.92 Å². The van der Waals surface area contributed by atoms with Crippen LogP contribution >= 0.6 is 0 Å². The molecule has 1 aliphatic heterocycles. The van der Waals surface area contributed by atoms with Crippen LogP contribution in [0.15, 0.2) is 0 Å². The normalized spacial score (nSPS) is 22.0. The Morgan fingerprint density at radius 2 is 2.24 bits per heavy atom. The Morgan fingerprint density at radius 1 is 1.53 bits per heavy atom. The number of aliphatic hydroxyl groups excluding tert-OH is 1. The van der Waals surface area contributed by atoms with Crippen LogP contribution < -0.4 is 5.32 Å². The van der Waals surface area contributed by atoms with Crippen molar-refractivity contribution in [2.24, 2.45) is 5.92 Å². The zero-order valence-electron chi connectivity index (χ0n) is 10.1. The third-order valence-corrected chi connectivity index (χ3v) is 2.96. The molecule has 0 spiro atoms. The number of urea groups is 1. The molecule has 0 aromatic carbocycles. The number of nitrogens with one attached hydrogen (secondary N) is 1. The van der Waals surface area contributed by atoms with Crippen LogP contribution in [-0.2, 0) is 4.79 Å². The van der Waals surface area contributed by atoms with Crippen molar-refractivity contribution in [3.8, 4) is 0 Å². The summed E-state index contributed by atoms with van der Waals surface area (Å²) in [4.78, 5) is 24.3. The van der Waals surface area contributed by atoms with E-state index in [0.29, 0.717) is 19.0 Å². The number of nitrogens with zero attached hydrogens (tertiary/aromatic N) is 1. The maximum absolute atomic E-state index is 11.8. The van der Waals surface area contributed by atoms with E-state index in [1.165, 1.54) is 0 Å². The van der Waals surface area contributed by atoms with Gasteiger partial charge in [0.2, 0.25) is 0 Å². The summed E-state index contributed by atoms with van der Waals surface area (Å²) in [7, 11) is 0. The lowest BCUT2D eigenvalue weighted by molar-refractivity contribution is -0.139. The van der Waals surface area contributed by atoms with E-state index in [9.17, 15) is 9.59 Å². The maximum atomic E-state index is 11.8. The quantitative estimate of drug-likeness (QED) is 0.662. The highest BCUT2D eigenvalue weighted by Gasteiger charge is 2.25. The van der Waals surface area contributed by atoms with Gasteiger partial charge in [0.05, 0.1) is 0 Å². The summed E-state index contributed by atoms with van der Waals surface area (Å²) in [6.45, 7) is 3.15. The van der Waals surface area contributed by atoms with E-state index in [0.717, 1.165) is 12.8 Å². The van der Waals surface area contributed by atoms with Crippen LogP contribution in [0, 0.1) is 5.92 Å². The number of carbonyl (C=O) groups is 2. The summed E-state index contributed by atoms with van der Waals surface area (Å²) in [6, 6.07) is -1.36. The minimum Gasteiger partial charge on any atom is -0.480 e. The van der Waals surface area contributed by atoms with Gasteiger partial charge in [0.1, 0.15) is 6.04 Å². The zero-order valence-corrected chi connectivity index (χ0v) is 10.1. The Morgan fingerprint density at radius 3 is 2.76 bits per heavy atom. The first-order valence-corrected chi connectivity index (χ1v) is 5.93. The Labute approximate surface area is 101 Å². The summed E-state index contributed by atoms with van der Waals surface area (Å²) in [5, 5.41) is 20.0. The third-order valence-electron chi connectivity index (χ3n) is 2.96. The Kier molecular flexibility index (Phi) is 5.21. The van der Waals surface area contributed by atoms with Gasteiger partial charge in [-0.25, -0.2) is 9.59 Å². The summed E-state index contributed by atoms with van der Waals surface area (Å²) in [5.74, 6) is -0.659. The molecule has 6 heteroatoms. The first-order valence-electron chi connectivity index (χ1n) is 5.93. The van der Waals surface area contributed by atoms with Gasteiger partial charge in [-0.15, -0.1) is 0 Å². The monoisotopic (exact) mass is 244 g/mol. The number of aliphatic carboxylic acids is 1. The molecule has 6 nitrogen and oxygen atoms in total. The van der Waals surface area contributed by atoms with Crippen LogP contribution in [0.25, 0.3) is 0 Å². The molecule has 1 unspecified atom stereocenters. The molecule has 1 heterocycles. The third kappa shape index (κ3) is 4.22. The number of hydrogen-bond acceptors (Lipinski definition) is 3. The Bertz CT molecular complexity index is 283. The van der Waals surface area contributed by atoms with E-state index in [1.54, 1.807) is 4.90 Å². The van der Waals surface area contributed by atoms with Crippen LogP contribution in [0.4, 0.5) is 4.79 Å². The van der Waals surface area contributed by atoms with Crippen molar-refractivity contribution >= 4 is 12.0 Å². The van der Waals surface area contributed by atoms with E-state index >= 15 is 0 Å². The average molecular weight is 244 g/mol. The molecule has 3 N–H and O–H groups in total. The van der Waals surface area contributed by atoms with Crippen LogP contribution in [-0.4, -0.2) is 52.9 Å². The van der Waals surface area contributed by atoms with Gasteiger partial charge in [0, 0.05) is 26.1 Å². The SMILES string of the molecule is CC1CCCN(C(=O)N[C@@H](CCO)C(=O)O)C1. The molecule has 17 heavy (non-hydrogen) atoms. The van der Waals surface area contributed by atoms with Gasteiger partial charge in [-0.3, -0.25) is 0 Å². The molecule has 1 fully saturated rings. The van der Waals surface area contributed by atoms with Crippen molar-refractivity contribution in [1.82, 2.24) is 10.2 Å². The molecule has 2 atom stereocenters. The van der Waals surface area contributed by atoms with Crippen molar-refractivity contribution in [3.05, 3.63) is 0 Å². The smallest absolute Gasteiger partial charge is 0.326 e. The minimum absolute atomic E-state index is 0.0322. The predicted molar refractivity (Wildman–Crippen MR) is 61.6 cm³/mol. The molecule has 1 rings (SSSR count). The summed E-state index contributed by atoms with van der Waals surface area (Å²) < 4.78 is 0. The van der Waals surface area contributed by atoms with E-state index < -0.39 is 12.0 Å². The second-order valence-electron chi connectivity index (χ2n) is 4.55. The zero-order chi connectivity index (χ0) is 12.8. The lowest BCUT2D eigenvalue weighted by Crippen LogP contribution is -2.50. The number of likely N-dealkylation sites (tertiary alicyclic amines) is 1. The molecule has 1 saturated heterocycles. The summed E-state index contributed by atoms with van der Waals surface area (Å²) >= 11 is 0. The highest BCUT2D eigenvalue weighted by molar-refractivity contribution is 5.82. The fraction of sp³-hybridized carbons (Fsp3) is 0.818. The van der Waals surface area contributed by atoms with E-state index in [1.807, 2.05) is 0 Å². The fourth-order valence-corrected chi connectivity index (χ4v) is 2.00. The van der Waals surface area contributed by atoms with Crippen LogP contribution in [0.1, 0.15) is 26.2 Å². The first kappa shape index (κ1) is 13.8. The largest absolute Gasteiger partial charge is 0.480 e. The number of hydrogen-bond donors (Lipinski definition) is 3.